The van der Waals surface area contributed by atoms with Crippen LogP contribution in [-0.4, -0.2) is 11.1 Å². The van der Waals surface area contributed by atoms with E-state index in [1.807, 2.05) is 12.1 Å². The Labute approximate surface area is 156 Å². The second-order valence-electron chi connectivity index (χ2n) is 9.04. The number of rotatable bonds is 3. The molecule has 2 nitrogen and oxygen atoms in total. The largest absolute Gasteiger partial charge is 0.478 e. The summed E-state index contributed by atoms with van der Waals surface area (Å²) in [6.07, 6.45) is 2.21. The summed E-state index contributed by atoms with van der Waals surface area (Å²) in [7, 11) is 0. The molecule has 1 aliphatic rings. The van der Waals surface area contributed by atoms with Gasteiger partial charge >= 0.3 is 5.97 Å². The quantitative estimate of drug-likeness (QED) is 0.742. The van der Waals surface area contributed by atoms with Crippen molar-refractivity contribution in [2.75, 3.05) is 0 Å². The van der Waals surface area contributed by atoms with Gasteiger partial charge in [-0.05, 0) is 69.2 Å². The topological polar surface area (TPSA) is 37.3 Å². The summed E-state index contributed by atoms with van der Waals surface area (Å²) in [4.78, 5) is 11.1. The Morgan fingerprint density at radius 3 is 2.19 bits per heavy atom. The van der Waals surface area contributed by atoms with Crippen molar-refractivity contribution in [3.8, 4) is 0 Å². The summed E-state index contributed by atoms with van der Waals surface area (Å²) in [5.41, 5.74) is 7.87. The first-order chi connectivity index (χ1) is 12.0. The second-order valence-corrected chi connectivity index (χ2v) is 9.04. The predicted octanol–water partition coefficient (Wildman–Crippen LogP) is 5.97. The fraction of sp³-hybridized carbons (Fsp3) is 0.375. The number of carbonyl (C=O) groups is 1. The molecule has 0 spiro atoms. The van der Waals surface area contributed by atoms with Crippen molar-refractivity contribution in [3.05, 3.63) is 76.4 Å². The zero-order valence-corrected chi connectivity index (χ0v) is 16.4. The van der Waals surface area contributed by atoms with Gasteiger partial charge < -0.3 is 5.11 Å². The van der Waals surface area contributed by atoms with Crippen LogP contribution in [0.25, 0.3) is 5.57 Å². The number of carboxylic acids is 1. The molecular weight excluding hydrogens is 320 g/mol. The molecule has 0 amide bonds. The Kier molecular flexibility index (Phi) is 4.34. The molecule has 136 valence electrons. The van der Waals surface area contributed by atoms with E-state index in [1.165, 1.54) is 22.3 Å². The van der Waals surface area contributed by atoms with E-state index in [9.17, 15) is 4.79 Å². The number of hydrogen-bond donors (Lipinski definition) is 1. The smallest absolute Gasteiger partial charge is 0.335 e. The highest BCUT2D eigenvalue weighted by atomic mass is 16.4. The van der Waals surface area contributed by atoms with E-state index in [-0.39, 0.29) is 10.8 Å². The summed E-state index contributed by atoms with van der Waals surface area (Å²) in [6, 6.07) is 11.7. The molecule has 1 aliphatic carbocycles. The zero-order chi connectivity index (χ0) is 19.3. The van der Waals surface area contributed by atoms with Crippen LogP contribution < -0.4 is 0 Å². The molecule has 3 rings (SSSR count). The van der Waals surface area contributed by atoms with E-state index < -0.39 is 5.97 Å². The van der Waals surface area contributed by atoms with Crippen LogP contribution in [-0.2, 0) is 17.3 Å². The second kappa shape index (κ2) is 6.12. The highest BCUT2D eigenvalue weighted by Gasteiger charge is 2.33. The summed E-state index contributed by atoms with van der Waals surface area (Å²) < 4.78 is 0. The molecule has 26 heavy (non-hydrogen) atoms. The standard InChI is InChI=1S/C24H28O2/c1-15(16-7-9-17(10-8-16)22(25)26)20-13-18(23(2,3)4)14-21-19(20)11-12-24(21,5)6/h7-10,13-14H,1,11-12H2,2-6H3,(H,25,26). The maximum Gasteiger partial charge on any atom is 0.335 e. The molecule has 0 aromatic heterocycles. The predicted molar refractivity (Wildman–Crippen MR) is 108 cm³/mol. The average molecular weight is 348 g/mol. The number of benzene rings is 2. The van der Waals surface area contributed by atoms with E-state index in [0.29, 0.717) is 5.56 Å². The Balaban J connectivity index is 2.13. The summed E-state index contributed by atoms with van der Waals surface area (Å²) in [5.74, 6) is -0.903. The summed E-state index contributed by atoms with van der Waals surface area (Å²) in [5, 5.41) is 9.12. The van der Waals surface area contributed by atoms with Crippen molar-refractivity contribution in [1.82, 2.24) is 0 Å². The van der Waals surface area contributed by atoms with Crippen molar-refractivity contribution in [1.29, 1.82) is 0 Å². The summed E-state index contributed by atoms with van der Waals surface area (Å²) >= 11 is 0. The maximum absolute atomic E-state index is 11.1. The molecule has 0 radical (unpaired) electrons. The van der Waals surface area contributed by atoms with Crippen molar-refractivity contribution in [2.24, 2.45) is 0 Å². The maximum atomic E-state index is 11.1. The lowest BCUT2D eigenvalue weighted by Gasteiger charge is -2.26. The number of carboxylic acid groups (broad SMARTS) is 1. The first-order valence-electron chi connectivity index (χ1n) is 9.21. The molecule has 0 saturated carbocycles. The molecule has 0 unspecified atom stereocenters. The molecule has 0 heterocycles. The monoisotopic (exact) mass is 348 g/mol. The molecule has 0 aliphatic heterocycles. The van der Waals surface area contributed by atoms with Gasteiger partial charge in [0.05, 0.1) is 5.56 Å². The Hall–Kier alpha value is -2.35. The fourth-order valence-electron chi connectivity index (χ4n) is 3.79. The lowest BCUT2D eigenvalue weighted by molar-refractivity contribution is 0.0697. The van der Waals surface area contributed by atoms with Crippen molar-refractivity contribution in [2.45, 2.75) is 58.3 Å². The Bertz CT molecular complexity index is 878. The lowest BCUT2D eigenvalue weighted by atomic mass is 9.78. The summed E-state index contributed by atoms with van der Waals surface area (Å²) in [6.45, 7) is 15.7. The van der Waals surface area contributed by atoms with Gasteiger partial charge in [0, 0.05) is 0 Å². The average Bonchev–Trinajstić information content (AvgIpc) is 2.88. The minimum atomic E-state index is -0.903. The van der Waals surface area contributed by atoms with E-state index in [4.69, 9.17) is 5.11 Å². The van der Waals surface area contributed by atoms with Gasteiger partial charge in [0.25, 0.3) is 0 Å². The molecule has 0 atom stereocenters. The van der Waals surface area contributed by atoms with Gasteiger partial charge in [-0.3, -0.25) is 0 Å². The van der Waals surface area contributed by atoms with Gasteiger partial charge in [0.2, 0.25) is 0 Å². The van der Waals surface area contributed by atoms with Gasteiger partial charge in [-0.1, -0.05) is 65.5 Å². The molecule has 2 aromatic carbocycles. The van der Waals surface area contributed by atoms with Crippen LogP contribution in [0.3, 0.4) is 0 Å². The number of hydrogen-bond acceptors (Lipinski definition) is 1. The highest BCUT2D eigenvalue weighted by Crippen LogP contribution is 2.44. The lowest BCUT2D eigenvalue weighted by Crippen LogP contribution is -2.17. The van der Waals surface area contributed by atoms with Crippen LogP contribution in [0.4, 0.5) is 0 Å². The van der Waals surface area contributed by atoms with Gasteiger partial charge in [-0.15, -0.1) is 0 Å². The van der Waals surface area contributed by atoms with E-state index >= 15 is 0 Å². The SMILES string of the molecule is C=C(c1ccc(C(=O)O)cc1)c1cc(C(C)(C)C)cc2c1CCC2(C)C. The van der Waals surface area contributed by atoms with Crippen LogP contribution in [0, 0.1) is 0 Å². The minimum Gasteiger partial charge on any atom is -0.478 e. The van der Waals surface area contributed by atoms with Gasteiger partial charge in [-0.25, -0.2) is 4.79 Å². The third-order valence-corrected chi connectivity index (χ3v) is 5.65. The molecule has 1 N–H and O–H groups in total. The number of aromatic carboxylic acids is 1. The van der Waals surface area contributed by atoms with E-state index in [2.05, 4.69) is 53.3 Å². The van der Waals surface area contributed by atoms with Crippen LogP contribution >= 0.6 is 0 Å². The van der Waals surface area contributed by atoms with Crippen molar-refractivity contribution >= 4 is 11.5 Å². The fourth-order valence-corrected chi connectivity index (χ4v) is 3.79. The third kappa shape index (κ3) is 3.21. The van der Waals surface area contributed by atoms with Crippen LogP contribution in [0.2, 0.25) is 0 Å². The van der Waals surface area contributed by atoms with Crippen molar-refractivity contribution in [3.63, 3.8) is 0 Å². The van der Waals surface area contributed by atoms with Gasteiger partial charge in [0.15, 0.2) is 0 Å². The van der Waals surface area contributed by atoms with Crippen LogP contribution in [0.1, 0.15) is 79.2 Å². The molecule has 0 bridgehead atoms. The normalized spacial score (nSPS) is 15.6. The minimum absolute atomic E-state index is 0.0654. The zero-order valence-electron chi connectivity index (χ0n) is 16.4. The molecule has 2 heteroatoms. The number of fused-ring (bicyclic) bond motifs is 1. The Morgan fingerprint density at radius 2 is 1.65 bits per heavy atom. The Morgan fingerprint density at radius 1 is 1.08 bits per heavy atom. The molecule has 0 saturated heterocycles. The third-order valence-electron chi connectivity index (χ3n) is 5.65. The first kappa shape index (κ1) is 18.4. The highest BCUT2D eigenvalue weighted by molar-refractivity contribution is 5.89. The van der Waals surface area contributed by atoms with E-state index in [1.54, 1.807) is 12.1 Å². The first-order valence-corrected chi connectivity index (χ1v) is 9.21. The van der Waals surface area contributed by atoms with E-state index in [0.717, 1.165) is 24.0 Å². The van der Waals surface area contributed by atoms with Crippen LogP contribution in [0.5, 0.6) is 0 Å². The molecule has 2 aromatic rings. The molecule has 0 fully saturated rings. The van der Waals surface area contributed by atoms with Gasteiger partial charge in [0.1, 0.15) is 0 Å². The van der Waals surface area contributed by atoms with Crippen LogP contribution in [0.15, 0.2) is 43.0 Å². The van der Waals surface area contributed by atoms with Gasteiger partial charge in [-0.2, -0.15) is 0 Å². The van der Waals surface area contributed by atoms with Crippen molar-refractivity contribution < 1.29 is 9.90 Å². The molecular formula is C24H28O2.